The third-order valence-electron chi connectivity index (χ3n) is 4.85. The summed E-state index contributed by atoms with van der Waals surface area (Å²) in [5, 5.41) is 9.53. The summed E-state index contributed by atoms with van der Waals surface area (Å²) in [6, 6.07) is 0. The van der Waals surface area contributed by atoms with Crippen LogP contribution < -0.4 is 10.3 Å². The summed E-state index contributed by atoms with van der Waals surface area (Å²) >= 11 is 0. The van der Waals surface area contributed by atoms with Crippen LogP contribution >= 0.6 is 0 Å². The Morgan fingerprint density at radius 3 is 1.92 bits per heavy atom. The lowest BCUT2D eigenvalue weighted by molar-refractivity contribution is 0.461. The topological polar surface area (TPSA) is 120 Å². The van der Waals surface area contributed by atoms with Crippen LogP contribution in [0.2, 0.25) is 0 Å². The number of nitrogens with two attached hydrogens (primary N) is 2. The van der Waals surface area contributed by atoms with E-state index >= 15 is 0 Å². The number of primary sulfonamides is 2. The van der Waals surface area contributed by atoms with E-state index in [0.29, 0.717) is 38.5 Å². The van der Waals surface area contributed by atoms with Crippen LogP contribution in [0.15, 0.2) is 24.8 Å². The lowest BCUT2D eigenvalue weighted by Gasteiger charge is -2.23. The van der Waals surface area contributed by atoms with Crippen LogP contribution in [0.3, 0.4) is 0 Å². The fourth-order valence-electron chi connectivity index (χ4n) is 3.49. The van der Waals surface area contributed by atoms with Crippen LogP contribution in [0, 0.1) is 11.8 Å². The Labute approximate surface area is 160 Å². The molecule has 0 heterocycles. The van der Waals surface area contributed by atoms with Crippen LogP contribution in [0.25, 0.3) is 0 Å². The van der Waals surface area contributed by atoms with Gasteiger partial charge < -0.3 is 0 Å². The van der Waals surface area contributed by atoms with Crippen molar-refractivity contribution in [1.29, 1.82) is 0 Å². The molecule has 0 aromatic heterocycles. The van der Waals surface area contributed by atoms with Crippen molar-refractivity contribution in [3.63, 3.8) is 0 Å². The first-order valence-electron chi connectivity index (χ1n) is 9.15. The Kier molecular flexibility index (Phi) is 10.9. The molecule has 0 aromatic rings. The van der Waals surface area contributed by atoms with E-state index in [1.807, 2.05) is 20.8 Å². The van der Waals surface area contributed by atoms with Gasteiger partial charge in [-0.05, 0) is 50.4 Å². The molecule has 0 saturated carbocycles. The van der Waals surface area contributed by atoms with Crippen LogP contribution in [-0.4, -0.2) is 27.3 Å². The van der Waals surface area contributed by atoms with Crippen LogP contribution in [0.5, 0.6) is 0 Å². The molecule has 0 unspecified atom stereocenters. The van der Waals surface area contributed by atoms with Crippen molar-refractivity contribution >= 4 is 20.0 Å². The highest BCUT2D eigenvalue weighted by Crippen LogP contribution is 2.26. The zero-order chi connectivity index (χ0) is 20.5. The van der Waals surface area contributed by atoms with Gasteiger partial charge in [-0.15, -0.1) is 6.58 Å². The largest absolute Gasteiger partial charge is 0.228 e. The maximum absolute atomic E-state index is 11.8. The summed E-state index contributed by atoms with van der Waals surface area (Å²) in [6.45, 7) is 13.3. The predicted octanol–water partition coefficient (Wildman–Crippen LogP) is 3.07. The third-order valence-corrected chi connectivity index (χ3v) is 7.94. The normalized spacial score (nSPS) is 17.3. The maximum atomic E-state index is 11.8. The van der Waals surface area contributed by atoms with Crippen molar-refractivity contribution in [3.8, 4) is 0 Å². The average Bonchev–Trinajstić information content (AvgIpc) is 2.46. The lowest BCUT2D eigenvalue weighted by Crippen LogP contribution is -2.34. The average molecular weight is 409 g/mol. The Hall–Kier alpha value is -0.700. The van der Waals surface area contributed by atoms with Gasteiger partial charge in [-0.25, -0.2) is 27.1 Å². The van der Waals surface area contributed by atoms with Gasteiger partial charge in [0.05, 0.1) is 10.5 Å². The predicted molar refractivity (Wildman–Crippen MR) is 109 cm³/mol. The number of sulfonamides is 2. The summed E-state index contributed by atoms with van der Waals surface area (Å²) < 4.78 is 47.1. The monoisotopic (exact) mass is 408 g/mol. The molecule has 8 heteroatoms. The van der Waals surface area contributed by atoms with E-state index in [-0.39, 0.29) is 11.8 Å². The second kappa shape index (κ2) is 11.2. The Morgan fingerprint density at radius 2 is 1.50 bits per heavy atom. The molecule has 0 fully saturated rings. The fourth-order valence-corrected chi connectivity index (χ4v) is 6.05. The fraction of sp³-hybridized carbons (Fsp3) is 0.778. The molecule has 0 aromatic carbocycles. The molecule has 0 spiro atoms. The van der Waals surface area contributed by atoms with Gasteiger partial charge in [-0.3, -0.25) is 0 Å². The number of hydrogen-bond acceptors (Lipinski definition) is 4. The zero-order valence-electron chi connectivity index (χ0n) is 16.4. The molecular weight excluding hydrogens is 372 g/mol. The first-order chi connectivity index (χ1) is 11.8. The summed E-state index contributed by atoms with van der Waals surface area (Å²) in [6.07, 6.45) is 5.85. The molecule has 4 N–H and O–H groups in total. The molecule has 0 aliphatic rings. The third kappa shape index (κ3) is 9.30. The molecule has 0 amide bonds. The molecule has 0 radical (unpaired) electrons. The van der Waals surface area contributed by atoms with Crippen molar-refractivity contribution in [1.82, 2.24) is 0 Å². The molecule has 154 valence electrons. The number of rotatable bonds is 14. The standard InChI is InChI=1S/C18H36N2O4S2/c1-6-9-15(4)18(26(20,23)24)12-8-11-14(3)13-16(5)17(10-7-2)25(19,21)22/h6,15-18H,1,3,7-13H2,2,4-5H3,(H2,19,21,22)(H2,20,23,24)/t15-,16-,17-,18+/m0/s1. The smallest absolute Gasteiger partial charge is 0.212 e. The molecule has 0 aliphatic carbocycles. The van der Waals surface area contributed by atoms with E-state index in [4.69, 9.17) is 10.3 Å². The van der Waals surface area contributed by atoms with E-state index in [1.54, 1.807) is 6.08 Å². The van der Waals surface area contributed by atoms with Gasteiger partial charge in [0.2, 0.25) is 20.0 Å². The molecular formula is C18H36N2O4S2. The first kappa shape index (κ1) is 25.3. The Bertz CT molecular complexity index is 657. The zero-order valence-corrected chi connectivity index (χ0v) is 18.0. The summed E-state index contributed by atoms with van der Waals surface area (Å²) in [5.41, 5.74) is 0.909. The van der Waals surface area contributed by atoms with Crippen molar-refractivity contribution in [2.45, 2.75) is 76.2 Å². The highest BCUT2D eigenvalue weighted by molar-refractivity contribution is 7.90. The highest BCUT2D eigenvalue weighted by Gasteiger charge is 2.28. The first-order valence-corrected chi connectivity index (χ1v) is 12.4. The summed E-state index contributed by atoms with van der Waals surface area (Å²) in [7, 11) is -7.21. The van der Waals surface area contributed by atoms with E-state index in [9.17, 15) is 16.8 Å². The second-order valence-electron chi connectivity index (χ2n) is 7.37. The molecule has 0 saturated heterocycles. The van der Waals surface area contributed by atoms with Gasteiger partial charge in [0.1, 0.15) is 0 Å². The van der Waals surface area contributed by atoms with Gasteiger partial charge >= 0.3 is 0 Å². The van der Waals surface area contributed by atoms with Crippen molar-refractivity contribution in [2.75, 3.05) is 0 Å². The minimum absolute atomic E-state index is 0.0917. The van der Waals surface area contributed by atoms with E-state index in [0.717, 1.165) is 12.0 Å². The van der Waals surface area contributed by atoms with Crippen molar-refractivity contribution in [2.24, 2.45) is 22.1 Å². The summed E-state index contributed by atoms with van der Waals surface area (Å²) in [5.74, 6) is -0.211. The van der Waals surface area contributed by atoms with Crippen LogP contribution in [0.4, 0.5) is 0 Å². The van der Waals surface area contributed by atoms with Gasteiger partial charge in [-0.2, -0.15) is 0 Å². The Morgan fingerprint density at radius 1 is 1.00 bits per heavy atom. The van der Waals surface area contributed by atoms with Crippen molar-refractivity contribution in [3.05, 3.63) is 24.8 Å². The molecule has 0 aliphatic heterocycles. The van der Waals surface area contributed by atoms with Crippen molar-refractivity contribution < 1.29 is 16.8 Å². The van der Waals surface area contributed by atoms with E-state index < -0.39 is 30.5 Å². The Balaban J connectivity index is 4.71. The van der Waals surface area contributed by atoms with Gasteiger partial charge in [-0.1, -0.05) is 45.4 Å². The number of hydrogen-bond donors (Lipinski definition) is 2. The van der Waals surface area contributed by atoms with E-state index in [1.165, 1.54) is 0 Å². The minimum atomic E-state index is -3.62. The van der Waals surface area contributed by atoms with Crippen LogP contribution in [0.1, 0.15) is 65.7 Å². The summed E-state index contributed by atoms with van der Waals surface area (Å²) in [4.78, 5) is 0. The molecule has 26 heavy (non-hydrogen) atoms. The lowest BCUT2D eigenvalue weighted by atomic mass is 9.92. The molecule has 0 bridgehead atoms. The van der Waals surface area contributed by atoms with Gasteiger partial charge in [0.15, 0.2) is 0 Å². The molecule has 6 nitrogen and oxygen atoms in total. The van der Waals surface area contributed by atoms with Gasteiger partial charge in [0.25, 0.3) is 0 Å². The maximum Gasteiger partial charge on any atom is 0.212 e. The van der Waals surface area contributed by atoms with Crippen LogP contribution in [-0.2, 0) is 20.0 Å². The second-order valence-corrected chi connectivity index (χ2v) is 10.9. The SMILES string of the molecule is C=CC[C@H](C)[C@@H](CCCC(=C)C[C@H](C)[C@H](CCC)S(N)(=O)=O)S(N)(=O)=O. The molecule has 0 rings (SSSR count). The highest BCUT2D eigenvalue weighted by atomic mass is 32.2. The number of allylic oxidation sites excluding steroid dienone is 2. The van der Waals surface area contributed by atoms with E-state index in [2.05, 4.69) is 13.2 Å². The quantitative estimate of drug-likeness (QED) is 0.429. The molecule has 4 atom stereocenters. The van der Waals surface area contributed by atoms with Gasteiger partial charge in [0, 0.05) is 0 Å². The minimum Gasteiger partial charge on any atom is -0.228 e.